The third-order valence-electron chi connectivity index (χ3n) is 1.27. The van der Waals surface area contributed by atoms with E-state index < -0.39 is 8.25 Å². The molecule has 2 unspecified atom stereocenters. The van der Waals surface area contributed by atoms with Gasteiger partial charge in [0.05, 0.1) is 0 Å². The Morgan fingerprint density at radius 3 is 1.71 bits per heavy atom. The van der Waals surface area contributed by atoms with E-state index in [1.54, 1.807) is 12.2 Å². The fraction of sp³-hybridized carbons (Fsp3) is 0.500. The molecule has 0 aliphatic heterocycles. The smallest absolute Gasteiger partial charge is 0.111 e. The molecule has 0 aromatic heterocycles. The van der Waals surface area contributed by atoms with Crippen molar-refractivity contribution in [3.63, 3.8) is 0 Å². The van der Waals surface area contributed by atoms with Crippen molar-refractivity contribution in [1.29, 1.82) is 0 Å². The summed E-state index contributed by atoms with van der Waals surface area (Å²) in [5.74, 6) is 0. The van der Waals surface area contributed by atoms with Gasteiger partial charge in [0.15, 0.2) is 0 Å². The molecule has 0 rings (SSSR count). The molecule has 14 heavy (non-hydrogen) atoms. The van der Waals surface area contributed by atoms with E-state index in [0.29, 0.717) is 10.7 Å². The van der Waals surface area contributed by atoms with E-state index in [9.17, 15) is 4.57 Å². The zero-order valence-corrected chi connectivity index (χ0v) is 11.6. The topological polar surface area (TPSA) is 35.5 Å². The molecule has 0 bridgehead atoms. The van der Waals surface area contributed by atoms with Crippen molar-refractivity contribution in [3.05, 3.63) is 25.3 Å². The van der Waals surface area contributed by atoms with E-state index in [0.717, 1.165) is 0 Å². The molecule has 0 amide bonds. The second-order valence-corrected chi connectivity index (χ2v) is 4.46. The highest BCUT2D eigenvalue weighted by molar-refractivity contribution is 9.09. The molecule has 0 saturated heterocycles. The van der Waals surface area contributed by atoms with Crippen LogP contribution in [0.4, 0.5) is 0 Å². The van der Waals surface area contributed by atoms with Crippen LogP contribution in [0.25, 0.3) is 0 Å². The number of rotatable bonds is 8. The minimum Gasteiger partial charge on any atom is -0.111 e. The van der Waals surface area contributed by atoms with Crippen molar-refractivity contribution in [3.8, 4) is 0 Å². The highest BCUT2D eigenvalue weighted by atomic mass is 79.9. The quantitative estimate of drug-likeness (QED) is 0.383. The van der Waals surface area contributed by atoms with Gasteiger partial charge in [0, 0.05) is 15.2 Å². The minimum atomic E-state index is -2.14. The number of halogens is 2. The van der Waals surface area contributed by atoms with Gasteiger partial charge < -0.3 is 0 Å². The van der Waals surface area contributed by atoms with Crippen LogP contribution in [0.15, 0.2) is 25.3 Å². The van der Waals surface area contributed by atoms with Crippen LogP contribution in [0.5, 0.6) is 0 Å². The monoisotopic (exact) mass is 345 g/mol. The van der Waals surface area contributed by atoms with Gasteiger partial charge >= 0.3 is 8.25 Å². The summed E-state index contributed by atoms with van der Waals surface area (Å²) in [5, 5.41) is 1.07. The molecule has 0 saturated carbocycles. The van der Waals surface area contributed by atoms with E-state index in [2.05, 4.69) is 45.0 Å². The predicted octanol–water partition coefficient (Wildman–Crippen LogP) is 3.58. The second-order valence-electron chi connectivity index (χ2n) is 2.29. The van der Waals surface area contributed by atoms with Crippen molar-refractivity contribution in [2.75, 3.05) is 10.7 Å². The molecule has 80 valence electrons. The van der Waals surface area contributed by atoms with Gasteiger partial charge in [-0.2, -0.15) is 0 Å². The Morgan fingerprint density at radius 2 is 1.50 bits per heavy atom. The van der Waals surface area contributed by atoms with E-state index in [1.165, 1.54) is 0 Å². The molecule has 2 atom stereocenters. The van der Waals surface area contributed by atoms with Gasteiger partial charge in [0.2, 0.25) is 0 Å². The number of alkyl halides is 2. The first-order valence-corrected chi connectivity index (χ1v) is 7.19. The summed E-state index contributed by atoms with van der Waals surface area (Å²) in [5.41, 5.74) is 0. The largest absolute Gasteiger partial charge is 0.698 e. The van der Waals surface area contributed by atoms with Crippen molar-refractivity contribution in [2.45, 2.75) is 12.2 Å². The van der Waals surface area contributed by atoms with E-state index in [4.69, 9.17) is 9.05 Å². The molecule has 0 aliphatic rings. The molecular formula is C8H12Br2O3P+. The van der Waals surface area contributed by atoms with Crippen molar-refractivity contribution < 1.29 is 13.6 Å². The fourth-order valence-corrected chi connectivity index (χ4v) is 2.53. The molecule has 3 nitrogen and oxygen atoms in total. The lowest BCUT2D eigenvalue weighted by molar-refractivity contribution is 0.188. The Morgan fingerprint density at radius 1 is 1.14 bits per heavy atom. The normalized spacial score (nSPS) is 15.7. The Hall–Kier alpha value is 0.460. The summed E-state index contributed by atoms with van der Waals surface area (Å²) in [6.07, 6.45) is 2.50. The van der Waals surface area contributed by atoms with E-state index in [1.807, 2.05) is 0 Å². The fourth-order valence-electron chi connectivity index (χ4n) is 0.514. The summed E-state index contributed by atoms with van der Waals surface area (Å²) in [6, 6.07) is 0. The molecule has 0 aromatic carbocycles. The first-order chi connectivity index (χ1) is 6.67. The van der Waals surface area contributed by atoms with Gasteiger partial charge in [-0.1, -0.05) is 44.0 Å². The number of hydrogen-bond acceptors (Lipinski definition) is 3. The molecule has 0 fully saturated rings. The molecule has 0 aromatic rings. The van der Waals surface area contributed by atoms with Crippen molar-refractivity contribution in [2.24, 2.45) is 0 Å². The first kappa shape index (κ1) is 14.5. The van der Waals surface area contributed by atoms with Gasteiger partial charge in [0.25, 0.3) is 0 Å². The summed E-state index contributed by atoms with van der Waals surface area (Å²) in [6.45, 7) is 7.07. The summed E-state index contributed by atoms with van der Waals surface area (Å²) >= 11 is 6.39. The zero-order valence-electron chi connectivity index (χ0n) is 7.57. The van der Waals surface area contributed by atoms with Gasteiger partial charge in [-0.05, 0) is 0 Å². The van der Waals surface area contributed by atoms with Crippen LogP contribution < -0.4 is 0 Å². The molecule has 0 N–H and O–H groups in total. The van der Waals surface area contributed by atoms with Gasteiger partial charge in [-0.25, -0.2) is 0 Å². The average Bonchev–Trinajstić information content (AvgIpc) is 2.22. The third-order valence-corrected chi connectivity index (χ3v) is 3.44. The van der Waals surface area contributed by atoms with Crippen LogP contribution in [-0.2, 0) is 13.6 Å². The Bertz CT molecular complexity index is 191. The van der Waals surface area contributed by atoms with Gasteiger partial charge in [-0.15, -0.1) is 22.2 Å². The highest BCUT2D eigenvalue weighted by Crippen LogP contribution is 2.29. The maximum atomic E-state index is 11.3. The lowest BCUT2D eigenvalue weighted by atomic mass is 10.4. The minimum absolute atomic E-state index is 0.306. The van der Waals surface area contributed by atoms with Crippen LogP contribution in [0.1, 0.15) is 0 Å². The van der Waals surface area contributed by atoms with Crippen LogP contribution >= 0.6 is 40.1 Å². The van der Waals surface area contributed by atoms with Crippen LogP contribution in [0.3, 0.4) is 0 Å². The lowest BCUT2D eigenvalue weighted by Gasteiger charge is -2.01. The second kappa shape index (κ2) is 8.74. The van der Waals surface area contributed by atoms with Crippen LogP contribution in [0.2, 0.25) is 0 Å². The predicted molar refractivity (Wildman–Crippen MR) is 65.3 cm³/mol. The molecule has 6 heteroatoms. The molecule has 0 heterocycles. The SMILES string of the molecule is C=CC(CBr)O[P+](=O)OC(C=C)CBr. The maximum Gasteiger partial charge on any atom is 0.698 e. The zero-order chi connectivity index (χ0) is 11.0. The van der Waals surface area contributed by atoms with Crippen LogP contribution in [0, 0.1) is 0 Å². The Labute approximate surface area is 102 Å². The van der Waals surface area contributed by atoms with Crippen LogP contribution in [-0.4, -0.2) is 22.9 Å². The Kier molecular flexibility index (Phi) is 9.03. The van der Waals surface area contributed by atoms with Crippen molar-refractivity contribution in [1.82, 2.24) is 0 Å². The lowest BCUT2D eigenvalue weighted by Crippen LogP contribution is -2.10. The maximum absolute atomic E-state index is 11.3. The highest BCUT2D eigenvalue weighted by Gasteiger charge is 2.28. The van der Waals surface area contributed by atoms with Gasteiger partial charge in [0.1, 0.15) is 12.2 Å². The number of hydrogen-bond donors (Lipinski definition) is 0. The van der Waals surface area contributed by atoms with Gasteiger partial charge in [-0.3, -0.25) is 0 Å². The summed E-state index contributed by atoms with van der Waals surface area (Å²) in [4.78, 5) is 0. The average molecular weight is 347 g/mol. The molecule has 0 radical (unpaired) electrons. The van der Waals surface area contributed by atoms with E-state index >= 15 is 0 Å². The molecule has 0 aliphatic carbocycles. The van der Waals surface area contributed by atoms with Crippen molar-refractivity contribution >= 4 is 40.1 Å². The first-order valence-electron chi connectivity index (χ1n) is 3.85. The molecule has 0 spiro atoms. The summed E-state index contributed by atoms with van der Waals surface area (Å²) in [7, 11) is -2.14. The third kappa shape index (κ3) is 6.04. The van der Waals surface area contributed by atoms with E-state index in [-0.39, 0.29) is 12.2 Å². The Balaban J connectivity index is 3.95. The molecular weight excluding hydrogens is 335 g/mol. The standard InChI is InChI=1S/C8H12Br2O3P/c1-3-7(5-9)12-14(11)13-8(4-2)6-10/h3-4,7-8H,1-2,5-6H2/q+1. The summed E-state index contributed by atoms with van der Waals surface area (Å²) < 4.78 is 21.3.